The molecule has 0 aliphatic heterocycles. The van der Waals surface area contributed by atoms with Crippen molar-refractivity contribution >= 4 is 23.4 Å². The summed E-state index contributed by atoms with van der Waals surface area (Å²) < 4.78 is 5.01. The second-order valence-corrected chi connectivity index (χ2v) is 5.76. The number of alkyl halides is 1. The second-order valence-electron chi connectivity index (χ2n) is 3.98. The fourth-order valence-corrected chi connectivity index (χ4v) is 2.85. The molecule has 0 radical (unpaired) electrons. The highest BCUT2D eigenvalue weighted by atomic mass is 35.5. The Bertz CT molecular complexity index is 297. The molecule has 2 nitrogen and oxygen atoms in total. The van der Waals surface area contributed by atoms with Crippen LogP contribution in [0.5, 0.6) is 0 Å². The van der Waals surface area contributed by atoms with Crippen LogP contribution in [0.3, 0.4) is 0 Å². The molecule has 0 fully saturated rings. The average molecular weight is 274 g/mol. The van der Waals surface area contributed by atoms with Gasteiger partial charge in [-0.15, -0.1) is 23.4 Å². The molecule has 1 unspecified atom stereocenters. The van der Waals surface area contributed by atoms with Crippen LogP contribution < -0.4 is 0 Å². The second kappa shape index (κ2) is 8.81. The van der Waals surface area contributed by atoms with Gasteiger partial charge in [0.15, 0.2) is 0 Å². The van der Waals surface area contributed by atoms with Gasteiger partial charge in [-0.2, -0.15) is 0 Å². The van der Waals surface area contributed by atoms with E-state index in [-0.39, 0.29) is 5.38 Å². The molecule has 0 aliphatic carbocycles. The van der Waals surface area contributed by atoms with Crippen LogP contribution in [-0.4, -0.2) is 49.9 Å². The van der Waals surface area contributed by atoms with E-state index < -0.39 is 0 Å². The molecule has 0 aromatic heterocycles. The molecule has 0 saturated carbocycles. The fraction of sp³-hybridized carbons (Fsp3) is 0.538. The van der Waals surface area contributed by atoms with Gasteiger partial charge >= 0.3 is 0 Å². The molecule has 1 rings (SSSR count). The molecule has 1 aromatic rings. The summed E-state index contributed by atoms with van der Waals surface area (Å²) in [5.74, 6) is 1.08. The number of halogens is 1. The maximum absolute atomic E-state index is 6.10. The smallest absolute Gasteiger partial charge is 0.0696 e. The van der Waals surface area contributed by atoms with Gasteiger partial charge in [0, 0.05) is 30.8 Å². The van der Waals surface area contributed by atoms with E-state index >= 15 is 0 Å². The van der Waals surface area contributed by atoms with Crippen LogP contribution in [0.4, 0.5) is 0 Å². The van der Waals surface area contributed by atoms with Crippen LogP contribution >= 0.6 is 23.4 Å². The quantitative estimate of drug-likeness (QED) is 0.534. The van der Waals surface area contributed by atoms with Crippen LogP contribution in [0, 0.1) is 0 Å². The van der Waals surface area contributed by atoms with Crippen molar-refractivity contribution in [2.24, 2.45) is 0 Å². The zero-order chi connectivity index (χ0) is 12.5. The molecule has 1 aromatic carbocycles. The number of benzene rings is 1. The monoisotopic (exact) mass is 273 g/mol. The number of nitrogens with zero attached hydrogens (tertiary/aromatic N) is 1. The van der Waals surface area contributed by atoms with Crippen LogP contribution in [0.15, 0.2) is 35.2 Å². The third kappa shape index (κ3) is 6.94. The zero-order valence-electron chi connectivity index (χ0n) is 10.4. The summed E-state index contributed by atoms with van der Waals surface area (Å²) in [5.41, 5.74) is 0. The van der Waals surface area contributed by atoms with Crippen LogP contribution in [0.2, 0.25) is 0 Å². The highest BCUT2D eigenvalue weighted by Crippen LogP contribution is 2.16. The van der Waals surface area contributed by atoms with E-state index in [0.717, 1.165) is 18.8 Å². The standard InChI is InChI=1S/C13H20ClNOS/c1-15(10-12(14)11-16-2)8-9-17-13-6-4-3-5-7-13/h3-7,12H,8-11H2,1-2H3. The minimum Gasteiger partial charge on any atom is -0.383 e. The summed E-state index contributed by atoms with van der Waals surface area (Å²) in [7, 11) is 3.78. The summed E-state index contributed by atoms with van der Waals surface area (Å²) in [6, 6.07) is 10.5. The van der Waals surface area contributed by atoms with Crippen LogP contribution in [0.25, 0.3) is 0 Å². The number of rotatable bonds is 8. The molecule has 0 heterocycles. The Kier molecular flexibility index (Phi) is 7.69. The van der Waals surface area contributed by atoms with Crippen molar-refractivity contribution < 1.29 is 4.74 Å². The molecule has 0 N–H and O–H groups in total. The van der Waals surface area contributed by atoms with Crippen molar-refractivity contribution in [3.63, 3.8) is 0 Å². The third-order valence-corrected chi connectivity index (χ3v) is 3.60. The molecule has 0 saturated heterocycles. The highest BCUT2D eigenvalue weighted by molar-refractivity contribution is 7.99. The van der Waals surface area contributed by atoms with Gasteiger partial charge in [0.2, 0.25) is 0 Å². The molecular formula is C13H20ClNOS. The number of hydrogen-bond acceptors (Lipinski definition) is 3. The van der Waals surface area contributed by atoms with Crippen LogP contribution in [0.1, 0.15) is 0 Å². The van der Waals surface area contributed by atoms with Gasteiger partial charge in [-0.05, 0) is 19.2 Å². The van der Waals surface area contributed by atoms with Crippen molar-refractivity contribution in [3.8, 4) is 0 Å². The van der Waals surface area contributed by atoms with E-state index in [9.17, 15) is 0 Å². The van der Waals surface area contributed by atoms with Gasteiger partial charge in [-0.3, -0.25) is 0 Å². The Hall–Kier alpha value is -0.220. The SMILES string of the molecule is COCC(Cl)CN(C)CCSc1ccccc1. The van der Waals surface area contributed by atoms with Gasteiger partial charge in [0.1, 0.15) is 0 Å². The zero-order valence-corrected chi connectivity index (χ0v) is 12.0. The van der Waals surface area contributed by atoms with Crippen molar-refractivity contribution in [3.05, 3.63) is 30.3 Å². The van der Waals surface area contributed by atoms with Crippen molar-refractivity contribution in [1.29, 1.82) is 0 Å². The molecular weight excluding hydrogens is 254 g/mol. The van der Waals surface area contributed by atoms with Crippen molar-refractivity contribution in [2.75, 3.05) is 39.6 Å². The predicted molar refractivity (Wildman–Crippen MR) is 76.2 cm³/mol. The summed E-state index contributed by atoms with van der Waals surface area (Å²) in [5, 5.41) is 0.0757. The van der Waals surface area contributed by atoms with Crippen molar-refractivity contribution in [1.82, 2.24) is 4.90 Å². The van der Waals surface area contributed by atoms with Crippen LogP contribution in [-0.2, 0) is 4.74 Å². The van der Waals surface area contributed by atoms with E-state index in [1.807, 2.05) is 17.8 Å². The maximum atomic E-state index is 6.10. The minimum atomic E-state index is 0.0757. The number of methoxy groups -OCH3 is 1. The first-order valence-electron chi connectivity index (χ1n) is 5.71. The van der Waals surface area contributed by atoms with E-state index in [0.29, 0.717) is 6.61 Å². The average Bonchev–Trinajstić information content (AvgIpc) is 2.30. The van der Waals surface area contributed by atoms with Gasteiger partial charge < -0.3 is 9.64 Å². The summed E-state index contributed by atoms with van der Waals surface area (Å²) in [6.07, 6.45) is 0. The Labute approximate surface area is 113 Å². The number of ether oxygens (including phenoxy) is 1. The van der Waals surface area contributed by atoms with Gasteiger partial charge in [-0.25, -0.2) is 0 Å². The maximum Gasteiger partial charge on any atom is 0.0696 e. The minimum absolute atomic E-state index is 0.0757. The molecule has 0 spiro atoms. The van der Waals surface area contributed by atoms with E-state index in [1.165, 1.54) is 4.90 Å². The Morgan fingerprint density at radius 2 is 2.06 bits per heavy atom. The lowest BCUT2D eigenvalue weighted by Crippen LogP contribution is -2.30. The molecule has 96 valence electrons. The molecule has 4 heteroatoms. The topological polar surface area (TPSA) is 12.5 Å². The van der Waals surface area contributed by atoms with E-state index in [1.54, 1.807) is 7.11 Å². The Balaban J connectivity index is 2.14. The van der Waals surface area contributed by atoms with Gasteiger partial charge in [0.25, 0.3) is 0 Å². The van der Waals surface area contributed by atoms with E-state index in [4.69, 9.17) is 16.3 Å². The fourth-order valence-electron chi connectivity index (χ4n) is 1.50. The number of thioether (sulfide) groups is 1. The molecule has 0 aliphatic rings. The van der Waals surface area contributed by atoms with Gasteiger partial charge in [-0.1, -0.05) is 18.2 Å². The molecule has 0 amide bonds. The first kappa shape index (κ1) is 14.8. The summed E-state index contributed by atoms with van der Waals surface area (Å²) in [4.78, 5) is 3.56. The largest absolute Gasteiger partial charge is 0.383 e. The highest BCUT2D eigenvalue weighted by Gasteiger charge is 2.07. The Morgan fingerprint density at radius 3 is 2.71 bits per heavy atom. The molecule has 17 heavy (non-hydrogen) atoms. The van der Waals surface area contributed by atoms with Gasteiger partial charge in [0.05, 0.1) is 12.0 Å². The van der Waals surface area contributed by atoms with E-state index in [2.05, 4.69) is 36.2 Å². The first-order chi connectivity index (χ1) is 8.22. The predicted octanol–water partition coefficient (Wildman–Crippen LogP) is 2.96. The lowest BCUT2D eigenvalue weighted by atomic mass is 10.4. The van der Waals surface area contributed by atoms with Crippen molar-refractivity contribution in [2.45, 2.75) is 10.3 Å². The molecule has 0 bridgehead atoms. The first-order valence-corrected chi connectivity index (χ1v) is 7.14. The molecule has 1 atom stereocenters. The summed E-state index contributed by atoms with van der Waals surface area (Å²) in [6.45, 7) is 2.51. The lowest BCUT2D eigenvalue weighted by Gasteiger charge is -2.19. The lowest BCUT2D eigenvalue weighted by molar-refractivity contribution is 0.184. The number of hydrogen-bond donors (Lipinski definition) is 0. The third-order valence-electron chi connectivity index (χ3n) is 2.34. The normalized spacial score (nSPS) is 12.9. The Morgan fingerprint density at radius 1 is 1.35 bits per heavy atom. The summed E-state index contributed by atoms with van der Waals surface area (Å²) >= 11 is 7.97.